The SMILES string of the molecule is CC1(C)[C@@H](C=C(Cl)Cl)[C@@H]1C(C#N)c1cccc(Oc2ccccc2)c1. The molecule has 1 fully saturated rings. The van der Waals surface area contributed by atoms with Crippen LogP contribution in [-0.4, -0.2) is 0 Å². The maximum Gasteiger partial charge on any atom is 0.127 e. The molecule has 0 aliphatic heterocycles. The molecule has 3 atom stereocenters. The van der Waals surface area contributed by atoms with Crippen LogP contribution in [0.1, 0.15) is 25.3 Å². The zero-order valence-electron chi connectivity index (χ0n) is 14.1. The van der Waals surface area contributed by atoms with Crippen LogP contribution in [-0.2, 0) is 0 Å². The Labute approximate surface area is 158 Å². The number of rotatable bonds is 5. The Morgan fingerprint density at radius 1 is 1.12 bits per heavy atom. The lowest BCUT2D eigenvalue weighted by atomic mass is 9.91. The third-order valence-electron chi connectivity index (χ3n) is 5.00. The molecule has 128 valence electrons. The van der Waals surface area contributed by atoms with Crippen molar-refractivity contribution < 1.29 is 4.74 Å². The number of hydrogen-bond donors (Lipinski definition) is 0. The van der Waals surface area contributed by atoms with Gasteiger partial charge in [0, 0.05) is 0 Å². The van der Waals surface area contributed by atoms with E-state index >= 15 is 0 Å². The minimum absolute atomic E-state index is 0.00822. The number of allylic oxidation sites excluding steroid dienone is 1. The van der Waals surface area contributed by atoms with Crippen molar-refractivity contribution in [3.05, 3.63) is 70.7 Å². The van der Waals surface area contributed by atoms with Gasteiger partial charge in [-0.1, -0.05) is 73.5 Å². The van der Waals surface area contributed by atoms with Gasteiger partial charge in [0.15, 0.2) is 0 Å². The molecule has 0 spiro atoms. The second-order valence-electron chi connectivity index (χ2n) is 6.92. The molecule has 0 saturated heterocycles. The molecule has 0 N–H and O–H groups in total. The summed E-state index contributed by atoms with van der Waals surface area (Å²) >= 11 is 11.7. The lowest BCUT2D eigenvalue weighted by Gasteiger charge is -2.13. The Bertz CT molecular complexity index is 819. The predicted octanol–water partition coefficient (Wildman–Crippen LogP) is 6.68. The van der Waals surface area contributed by atoms with Crippen molar-refractivity contribution in [1.29, 1.82) is 5.26 Å². The molecule has 2 aromatic rings. The molecule has 0 aromatic heterocycles. The van der Waals surface area contributed by atoms with Crippen LogP contribution in [0.2, 0.25) is 0 Å². The van der Waals surface area contributed by atoms with Crippen LogP contribution >= 0.6 is 23.2 Å². The smallest absolute Gasteiger partial charge is 0.127 e. The van der Waals surface area contributed by atoms with Gasteiger partial charge in [-0.25, -0.2) is 0 Å². The Kier molecular flexibility index (Phi) is 5.08. The quantitative estimate of drug-likeness (QED) is 0.587. The molecule has 2 nitrogen and oxygen atoms in total. The van der Waals surface area contributed by atoms with E-state index in [2.05, 4.69) is 19.9 Å². The molecule has 0 bridgehead atoms. The zero-order chi connectivity index (χ0) is 18.0. The van der Waals surface area contributed by atoms with E-state index in [-0.39, 0.29) is 27.7 Å². The van der Waals surface area contributed by atoms with E-state index in [4.69, 9.17) is 27.9 Å². The molecular weight excluding hydrogens is 353 g/mol. The van der Waals surface area contributed by atoms with E-state index in [0.29, 0.717) is 0 Å². The molecule has 1 aliphatic rings. The summed E-state index contributed by atoms with van der Waals surface area (Å²) in [5, 5.41) is 9.78. The number of nitriles is 1. The Balaban J connectivity index is 1.84. The number of nitrogens with zero attached hydrogens (tertiary/aromatic N) is 1. The first-order valence-electron chi connectivity index (χ1n) is 8.19. The van der Waals surface area contributed by atoms with Crippen molar-refractivity contribution in [2.45, 2.75) is 19.8 Å². The van der Waals surface area contributed by atoms with Gasteiger partial charge in [0.2, 0.25) is 0 Å². The van der Waals surface area contributed by atoms with Crippen LogP contribution in [0.4, 0.5) is 0 Å². The van der Waals surface area contributed by atoms with Crippen LogP contribution in [0.5, 0.6) is 11.5 Å². The highest BCUT2D eigenvalue weighted by atomic mass is 35.5. The van der Waals surface area contributed by atoms with Crippen LogP contribution in [0, 0.1) is 28.6 Å². The number of benzene rings is 2. The lowest BCUT2D eigenvalue weighted by Crippen LogP contribution is -2.03. The van der Waals surface area contributed by atoms with E-state index in [1.165, 1.54) is 0 Å². The summed E-state index contributed by atoms with van der Waals surface area (Å²) in [4.78, 5) is 0. The maximum atomic E-state index is 9.78. The molecule has 0 amide bonds. The minimum Gasteiger partial charge on any atom is -0.457 e. The highest BCUT2D eigenvalue weighted by Crippen LogP contribution is 2.65. The monoisotopic (exact) mass is 371 g/mol. The van der Waals surface area contributed by atoms with E-state index < -0.39 is 0 Å². The average molecular weight is 372 g/mol. The number of halogens is 2. The van der Waals surface area contributed by atoms with Crippen molar-refractivity contribution in [1.82, 2.24) is 0 Å². The van der Waals surface area contributed by atoms with Crippen molar-refractivity contribution in [2.24, 2.45) is 17.3 Å². The average Bonchev–Trinajstić information content (AvgIpc) is 3.09. The summed E-state index contributed by atoms with van der Waals surface area (Å²) in [6.07, 6.45) is 1.85. The van der Waals surface area contributed by atoms with E-state index in [0.717, 1.165) is 17.1 Å². The molecule has 0 radical (unpaired) electrons. The molecule has 2 aromatic carbocycles. The van der Waals surface area contributed by atoms with E-state index in [1.54, 1.807) is 0 Å². The number of ether oxygens (including phenoxy) is 1. The first-order valence-corrected chi connectivity index (χ1v) is 8.94. The first-order chi connectivity index (χ1) is 11.9. The second kappa shape index (κ2) is 7.12. The Morgan fingerprint density at radius 2 is 1.80 bits per heavy atom. The van der Waals surface area contributed by atoms with Crippen molar-refractivity contribution in [2.75, 3.05) is 0 Å². The van der Waals surface area contributed by atoms with Gasteiger partial charge in [0.25, 0.3) is 0 Å². The van der Waals surface area contributed by atoms with Gasteiger partial charge in [0.05, 0.1) is 12.0 Å². The zero-order valence-corrected chi connectivity index (χ0v) is 15.6. The summed E-state index contributed by atoms with van der Waals surface area (Å²) in [6.45, 7) is 4.29. The molecule has 3 rings (SSSR count). The highest BCUT2D eigenvalue weighted by molar-refractivity contribution is 6.55. The fraction of sp³-hybridized carbons (Fsp3) is 0.286. The maximum absolute atomic E-state index is 9.78. The summed E-state index contributed by atoms with van der Waals surface area (Å²) in [5.41, 5.74) is 0.946. The molecule has 0 heterocycles. The van der Waals surface area contributed by atoms with Crippen LogP contribution < -0.4 is 4.74 Å². The first kappa shape index (κ1) is 17.9. The normalized spacial score (nSPS) is 21.7. The molecular formula is C21H19Cl2NO. The summed E-state index contributed by atoms with van der Waals surface area (Å²) in [6, 6.07) is 19.8. The largest absolute Gasteiger partial charge is 0.457 e. The fourth-order valence-corrected chi connectivity index (χ4v) is 3.84. The van der Waals surface area contributed by atoms with Gasteiger partial charge >= 0.3 is 0 Å². The topological polar surface area (TPSA) is 33.0 Å². The Morgan fingerprint density at radius 3 is 2.44 bits per heavy atom. The number of para-hydroxylation sites is 1. The van der Waals surface area contributed by atoms with E-state index in [1.807, 2.05) is 60.7 Å². The minimum atomic E-state index is -0.233. The molecule has 4 heteroatoms. The van der Waals surface area contributed by atoms with Crippen LogP contribution in [0.3, 0.4) is 0 Å². The molecule has 25 heavy (non-hydrogen) atoms. The third kappa shape index (κ3) is 3.84. The van der Waals surface area contributed by atoms with Gasteiger partial charge in [-0.15, -0.1) is 0 Å². The van der Waals surface area contributed by atoms with Gasteiger partial charge in [0.1, 0.15) is 16.0 Å². The lowest BCUT2D eigenvalue weighted by molar-refractivity contribution is 0.479. The number of hydrogen-bond acceptors (Lipinski definition) is 2. The van der Waals surface area contributed by atoms with Crippen molar-refractivity contribution in [3.8, 4) is 17.6 Å². The highest BCUT2D eigenvalue weighted by Gasteiger charge is 2.60. The van der Waals surface area contributed by atoms with Gasteiger partial charge < -0.3 is 4.74 Å². The standard InChI is InChI=1S/C21H19Cl2NO/c1-21(2)18(12-19(22)23)20(21)17(13-24)14-7-6-10-16(11-14)25-15-8-4-3-5-9-15/h3-12,17-18,20H,1-2H3/t17?,18-,20-/m0/s1. The van der Waals surface area contributed by atoms with Gasteiger partial charge in [-0.3, -0.25) is 0 Å². The fourth-order valence-electron chi connectivity index (χ4n) is 3.57. The van der Waals surface area contributed by atoms with Crippen LogP contribution in [0.15, 0.2) is 65.2 Å². The summed E-state index contributed by atoms with van der Waals surface area (Å²) in [5.74, 6) is 1.64. The summed E-state index contributed by atoms with van der Waals surface area (Å²) < 4.78 is 6.16. The predicted molar refractivity (Wildman–Crippen MR) is 102 cm³/mol. The third-order valence-corrected chi connectivity index (χ3v) is 5.25. The van der Waals surface area contributed by atoms with Gasteiger partial charge in [-0.2, -0.15) is 5.26 Å². The van der Waals surface area contributed by atoms with E-state index in [9.17, 15) is 5.26 Å². The molecule has 1 saturated carbocycles. The van der Waals surface area contributed by atoms with Crippen molar-refractivity contribution >= 4 is 23.2 Å². The van der Waals surface area contributed by atoms with Crippen LogP contribution in [0.25, 0.3) is 0 Å². The summed E-state index contributed by atoms with van der Waals surface area (Å²) in [7, 11) is 0. The van der Waals surface area contributed by atoms with Gasteiger partial charge in [-0.05, 0) is 47.1 Å². The molecule has 1 unspecified atom stereocenters. The Hall–Kier alpha value is -1.95. The van der Waals surface area contributed by atoms with Crippen molar-refractivity contribution in [3.63, 3.8) is 0 Å². The second-order valence-corrected chi connectivity index (χ2v) is 7.93. The molecule has 1 aliphatic carbocycles.